The highest BCUT2D eigenvalue weighted by Gasteiger charge is 2.15. The number of nitrogens with two attached hydrogens (primary N) is 1. The minimum atomic E-state index is -0.462. The normalized spacial score (nSPS) is 16.7. The number of benzene rings is 1. The number of rotatable bonds is 3. The zero-order valence-corrected chi connectivity index (χ0v) is 10.2. The maximum absolute atomic E-state index is 10.6. The Hall–Kier alpha value is -1.43. The average molecular weight is 253 g/mol. The second-order valence-corrected chi connectivity index (χ2v) is 5.29. The lowest BCUT2D eigenvalue weighted by atomic mass is 10.1. The predicted molar refractivity (Wildman–Crippen MR) is 71.5 cm³/mol. The van der Waals surface area contributed by atoms with E-state index in [1.165, 1.54) is 17.6 Å². The van der Waals surface area contributed by atoms with Crippen LogP contribution in [0.15, 0.2) is 18.2 Å². The van der Waals surface area contributed by atoms with E-state index in [2.05, 4.69) is 5.32 Å². The number of anilines is 2. The molecule has 0 atom stereocenters. The number of thioether (sulfide) groups is 1. The van der Waals surface area contributed by atoms with Crippen molar-refractivity contribution >= 4 is 28.8 Å². The van der Waals surface area contributed by atoms with Crippen LogP contribution in [0.4, 0.5) is 17.1 Å². The van der Waals surface area contributed by atoms with Gasteiger partial charge in [-0.2, -0.15) is 11.8 Å². The predicted octanol–water partition coefficient (Wildman–Crippen LogP) is 2.48. The maximum Gasteiger partial charge on any atom is 0.292 e. The molecule has 2 rings (SSSR count). The Morgan fingerprint density at radius 3 is 2.71 bits per heavy atom. The summed E-state index contributed by atoms with van der Waals surface area (Å²) >= 11 is 1.96. The number of hydrogen-bond acceptors (Lipinski definition) is 5. The molecule has 17 heavy (non-hydrogen) atoms. The molecule has 0 aromatic heterocycles. The number of nitrogens with zero attached hydrogens (tertiary/aromatic N) is 1. The third-order valence-corrected chi connectivity index (χ3v) is 3.87. The molecule has 1 fully saturated rings. The Labute approximate surface area is 104 Å². The topological polar surface area (TPSA) is 81.2 Å². The van der Waals surface area contributed by atoms with E-state index in [4.69, 9.17) is 5.73 Å². The summed E-state index contributed by atoms with van der Waals surface area (Å²) in [5.41, 5.74) is 6.69. The lowest BCUT2D eigenvalue weighted by Crippen LogP contribution is -2.24. The summed E-state index contributed by atoms with van der Waals surface area (Å²) in [4.78, 5) is 10.2. The van der Waals surface area contributed by atoms with Gasteiger partial charge in [-0.3, -0.25) is 10.1 Å². The molecule has 3 N–H and O–H groups in total. The largest absolute Gasteiger partial charge is 0.393 e. The van der Waals surface area contributed by atoms with Crippen LogP contribution in [0.2, 0.25) is 0 Å². The van der Waals surface area contributed by atoms with Gasteiger partial charge in [0.1, 0.15) is 5.69 Å². The highest BCUT2D eigenvalue weighted by atomic mass is 32.2. The van der Waals surface area contributed by atoms with E-state index >= 15 is 0 Å². The van der Waals surface area contributed by atoms with Crippen LogP contribution in [0.25, 0.3) is 0 Å². The van der Waals surface area contributed by atoms with Crippen molar-refractivity contribution < 1.29 is 4.92 Å². The summed E-state index contributed by atoms with van der Waals surface area (Å²) < 4.78 is 0. The van der Waals surface area contributed by atoms with Crippen LogP contribution in [0.3, 0.4) is 0 Å². The molecule has 1 aromatic carbocycles. The number of nitro groups is 1. The molecule has 1 aliphatic heterocycles. The van der Waals surface area contributed by atoms with Crippen molar-refractivity contribution in [1.29, 1.82) is 0 Å². The quantitative estimate of drug-likeness (QED) is 0.491. The van der Waals surface area contributed by atoms with Crippen molar-refractivity contribution in [1.82, 2.24) is 0 Å². The Balaban J connectivity index is 2.06. The molecule has 0 aliphatic carbocycles. The van der Waals surface area contributed by atoms with Gasteiger partial charge in [0, 0.05) is 17.8 Å². The highest BCUT2D eigenvalue weighted by molar-refractivity contribution is 7.99. The lowest BCUT2D eigenvalue weighted by Gasteiger charge is -2.23. The zero-order valence-electron chi connectivity index (χ0n) is 9.39. The van der Waals surface area contributed by atoms with Gasteiger partial charge >= 0.3 is 0 Å². The van der Waals surface area contributed by atoms with E-state index in [1.54, 1.807) is 12.1 Å². The molecular weight excluding hydrogens is 238 g/mol. The molecule has 0 spiro atoms. The van der Waals surface area contributed by atoms with Crippen molar-refractivity contribution in [3.63, 3.8) is 0 Å². The fraction of sp³-hybridized carbons (Fsp3) is 0.455. The molecule has 0 saturated carbocycles. The first-order valence-corrected chi connectivity index (χ1v) is 6.70. The molecule has 1 heterocycles. The molecule has 6 heteroatoms. The van der Waals surface area contributed by atoms with Gasteiger partial charge in [-0.1, -0.05) is 0 Å². The van der Waals surface area contributed by atoms with E-state index in [0.29, 0.717) is 6.04 Å². The molecule has 0 unspecified atom stereocenters. The fourth-order valence-corrected chi connectivity index (χ4v) is 2.99. The standard InChI is InChI=1S/C11H15N3O2S/c12-10-7-9(1-2-11(10)14(15)16)13-8-3-5-17-6-4-8/h1-2,7-8,13H,3-6,12H2. The summed E-state index contributed by atoms with van der Waals surface area (Å²) in [6.45, 7) is 0. The van der Waals surface area contributed by atoms with Crippen molar-refractivity contribution in [2.75, 3.05) is 22.6 Å². The number of nitrogens with one attached hydrogen (secondary N) is 1. The summed E-state index contributed by atoms with van der Waals surface area (Å²) in [6.07, 6.45) is 2.25. The molecule has 0 radical (unpaired) electrons. The van der Waals surface area contributed by atoms with Crippen LogP contribution in [0.1, 0.15) is 12.8 Å². The van der Waals surface area contributed by atoms with E-state index in [0.717, 1.165) is 18.5 Å². The molecule has 1 saturated heterocycles. The summed E-state index contributed by atoms with van der Waals surface area (Å²) in [5.74, 6) is 2.33. The molecule has 0 amide bonds. The molecule has 1 aliphatic rings. The Bertz CT molecular complexity index is 419. The monoisotopic (exact) mass is 253 g/mol. The van der Waals surface area contributed by atoms with Gasteiger partial charge in [0.25, 0.3) is 5.69 Å². The molecule has 92 valence electrons. The van der Waals surface area contributed by atoms with Crippen molar-refractivity contribution in [3.8, 4) is 0 Å². The van der Waals surface area contributed by atoms with E-state index < -0.39 is 4.92 Å². The van der Waals surface area contributed by atoms with E-state index in [1.807, 2.05) is 11.8 Å². The van der Waals surface area contributed by atoms with Gasteiger partial charge in [-0.05, 0) is 36.5 Å². The molecule has 1 aromatic rings. The van der Waals surface area contributed by atoms with Gasteiger partial charge in [0.2, 0.25) is 0 Å². The van der Waals surface area contributed by atoms with Crippen LogP contribution in [0.5, 0.6) is 0 Å². The van der Waals surface area contributed by atoms with Crippen LogP contribution in [-0.2, 0) is 0 Å². The van der Waals surface area contributed by atoms with Gasteiger partial charge in [0.15, 0.2) is 0 Å². The molecular formula is C11H15N3O2S. The second-order valence-electron chi connectivity index (χ2n) is 4.06. The number of nitro benzene ring substituents is 1. The van der Waals surface area contributed by atoms with Gasteiger partial charge in [0.05, 0.1) is 4.92 Å². The van der Waals surface area contributed by atoms with Gasteiger partial charge < -0.3 is 11.1 Å². The fourth-order valence-electron chi connectivity index (χ4n) is 1.89. The molecule has 5 nitrogen and oxygen atoms in total. The minimum absolute atomic E-state index is 0.0326. The maximum atomic E-state index is 10.6. The SMILES string of the molecule is Nc1cc(NC2CCSCC2)ccc1[N+](=O)[O-]. The van der Waals surface area contributed by atoms with Crippen molar-refractivity contribution in [2.45, 2.75) is 18.9 Å². The van der Waals surface area contributed by atoms with Gasteiger partial charge in [-0.25, -0.2) is 0 Å². The summed E-state index contributed by atoms with van der Waals surface area (Å²) in [7, 11) is 0. The average Bonchev–Trinajstić information content (AvgIpc) is 2.30. The highest BCUT2D eigenvalue weighted by Crippen LogP contribution is 2.27. The zero-order chi connectivity index (χ0) is 12.3. The van der Waals surface area contributed by atoms with Crippen LogP contribution < -0.4 is 11.1 Å². The van der Waals surface area contributed by atoms with Crippen LogP contribution in [0, 0.1) is 10.1 Å². The summed E-state index contributed by atoms with van der Waals surface area (Å²) in [5, 5.41) is 14.0. The lowest BCUT2D eigenvalue weighted by molar-refractivity contribution is -0.383. The van der Waals surface area contributed by atoms with Crippen LogP contribution in [-0.4, -0.2) is 22.5 Å². The molecule has 0 bridgehead atoms. The van der Waals surface area contributed by atoms with Crippen LogP contribution >= 0.6 is 11.8 Å². The first-order valence-electron chi connectivity index (χ1n) is 5.55. The van der Waals surface area contributed by atoms with Crippen molar-refractivity contribution in [3.05, 3.63) is 28.3 Å². The number of hydrogen-bond donors (Lipinski definition) is 2. The Kier molecular flexibility index (Phi) is 3.73. The summed E-state index contributed by atoms with van der Waals surface area (Å²) in [6, 6.07) is 5.27. The smallest absolute Gasteiger partial charge is 0.292 e. The van der Waals surface area contributed by atoms with E-state index in [9.17, 15) is 10.1 Å². The third kappa shape index (κ3) is 3.03. The minimum Gasteiger partial charge on any atom is -0.393 e. The van der Waals surface area contributed by atoms with Crippen molar-refractivity contribution in [2.24, 2.45) is 0 Å². The Morgan fingerprint density at radius 1 is 1.41 bits per heavy atom. The van der Waals surface area contributed by atoms with E-state index in [-0.39, 0.29) is 11.4 Å². The number of nitrogen functional groups attached to an aromatic ring is 1. The third-order valence-electron chi connectivity index (χ3n) is 2.82. The first kappa shape index (κ1) is 12.0. The van der Waals surface area contributed by atoms with Gasteiger partial charge in [-0.15, -0.1) is 0 Å². The first-order chi connectivity index (χ1) is 8.16. The Morgan fingerprint density at radius 2 is 2.12 bits per heavy atom. The second kappa shape index (κ2) is 5.27.